The van der Waals surface area contributed by atoms with E-state index in [1.54, 1.807) is 0 Å². The summed E-state index contributed by atoms with van der Waals surface area (Å²) in [6.45, 7) is 2.10. The van der Waals surface area contributed by atoms with Crippen LogP contribution in [0.4, 0.5) is 0 Å². The number of hydrogen-bond donors (Lipinski definition) is 1. The highest BCUT2D eigenvalue weighted by atomic mass is 32.1. The zero-order valence-electron chi connectivity index (χ0n) is 9.96. The van der Waals surface area contributed by atoms with E-state index in [1.165, 1.54) is 55.6 Å². The van der Waals surface area contributed by atoms with Crippen LogP contribution < -0.4 is 5.32 Å². The fourth-order valence-electron chi connectivity index (χ4n) is 2.92. The Morgan fingerprint density at radius 2 is 2.06 bits per heavy atom. The Bertz CT molecular complexity index is 362. The van der Waals surface area contributed by atoms with Crippen LogP contribution >= 0.6 is 11.3 Å². The summed E-state index contributed by atoms with van der Waals surface area (Å²) in [5.41, 5.74) is 1.42. The van der Waals surface area contributed by atoms with Gasteiger partial charge in [0, 0.05) is 17.1 Å². The maximum atomic E-state index is 4.73. The third-order valence-corrected chi connectivity index (χ3v) is 5.24. The van der Waals surface area contributed by atoms with E-state index in [4.69, 9.17) is 4.98 Å². The molecule has 0 bridgehead atoms. The summed E-state index contributed by atoms with van der Waals surface area (Å²) in [6.07, 6.45) is 9.44. The number of nitrogens with one attached hydrogen (secondary N) is 1. The summed E-state index contributed by atoms with van der Waals surface area (Å²) in [5.74, 6) is 0. The SMILES string of the molecule is Cc1csc(C2(NC3CCC3)CCCC2)n1. The van der Waals surface area contributed by atoms with E-state index in [-0.39, 0.29) is 5.54 Å². The molecule has 2 fully saturated rings. The third-order valence-electron chi connectivity index (χ3n) is 4.07. The fraction of sp³-hybridized carbons (Fsp3) is 0.769. The largest absolute Gasteiger partial charge is 0.303 e. The Morgan fingerprint density at radius 3 is 2.56 bits per heavy atom. The van der Waals surface area contributed by atoms with Crippen molar-refractivity contribution in [2.24, 2.45) is 0 Å². The molecule has 0 atom stereocenters. The van der Waals surface area contributed by atoms with E-state index in [9.17, 15) is 0 Å². The zero-order chi connectivity index (χ0) is 11.0. The third kappa shape index (κ3) is 1.80. The lowest BCUT2D eigenvalue weighted by Gasteiger charge is -2.37. The highest BCUT2D eigenvalue weighted by molar-refractivity contribution is 7.09. The van der Waals surface area contributed by atoms with Crippen LogP contribution in [0.15, 0.2) is 5.38 Å². The highest BCUT2D eigenvalue weighted by Gasteiger charge is 2.40. The van der Waals surface area contributed by atoms with Crippen molar-refractivity contribution in [3.8, 4) is 0 Å². The lowest BCUT2D eigenvalue weighted by molar-refractivity contribution is 0.226. The lowest BCUT2D eigenvalue weighted by atomic mass is 9.88. The molecule has 0 aliphatic heterocycles. The molecule has 1 aromatic rings. The van der Waals surface area contributed by atoms with Crippen molar-refractivity contribution in [3.63, 3.8) is 0 Å². The minimum atomic E-state index is 0.240. The Balaban J connectivity index is 1.83. The summed E-state index contributed by atoms with van der Waals surface area (Å²) >= 11 is 1.85. The van der Waals surface area contributed by atoms with Gasteiger partial charge in [0.1, 0.15) is 5.01 Å². The van der Waals surface area contributed by atoms with E-state index in [0.29, 0.717) is 0 Å². The molecule has 1 N–H and O–H groups in total. The van der Waals surface area contributed by atoms with Crippen LogP contribution in [-0.4, -0.2) is 11.0 Å². The number of hydrogen-bond acceptors (Lipinski definition) is 3. The van der Waals surface area contributed by atoms with Gasteiger partial charge < -0.3 is 5.32 Å². The zero-order valence-corrected chi connectivity index (χ0v) is 10.8. The van der Waals surface area contributed by atoms with Crippen LogP contribution in [0.3, 0.4) is 0 Å². The molecule has 2 nitrogen and oxygen atoms in total. The Kier molecular flexibility index (Phi) is 2.76. The molecule has 2 aliphatic carbocycles. The molecular weight excluding hydrogens is 216 g/mol. The summed E-state index contributed by atoms with van der Waals surface area (Å²) in [6, 6.07) is 0.766. The molecule has 0 spiro atoms. The Hall–Kier alpha value is -0.410. The molecule has 2 saturated carbocycles. The summed E-state index contributed by atoms with van der Waals surface area (Å²) in [7, 11) is 0. The van der Waals surface area contributed by atoms with Crippen LogP contribution in [0.25, 0.3) is 0 Å². The molecule has 0 aromatic carbocycles. The number of aryl methyl sites for hydroxylation is 1. The highest BCUT2D eigenvalue weighted by Crippen LogP contribution is 2.41. The van der Waals surface area contributed by atoms with Gasteiger partial charge in [0.25, 0.3) is 0 Å². The van der Waals surface area contributed by atoms with E-state index in [1.807, 2.05) is 11.3 Å². The van der Waals surface area contributed by atoms with Gasteiger partial charge in [-0.3, -0.25) is 0 Å². The topological polar surface area (TPSA) is 24.9 Å². The first-order chi connectivity index (χ1) is 7.78. The first-order valence-corrected chi connectivity index (χ1v) is 7.37. The molecule has 3 heteroatoms. The monoisotopic (exact) mass is 236 g/mol. The average molecular weight is 236 g/mol. The van der Waals surface area contributed by atoms with Gasteiger partial charge >= 0.3 is 0 Å². The number of rotatable bonds is 3. The molecule has 88 valence electrons. The van der Waals surface area contributed by atoms with Gasteiger partial charge in [-0.1, -0.05) is 19.3 Å². The second-order valence-electron chi connectivity index (χ2n) is 5.36. The molecule has 0 saturated heterocycles. The second kappa shape index (κ2) is 4.11. The summed E-state index contributed by atoms with van der Waals surface area (Å²) in [4.78, 5) is 4.73. The number of thiazole rings is 1. The molecule has 16 heavy (non-hydrogen) atoms. The van der Waals surface area contributed by atoms with Crippen LogP contribution in [0, 0.1) is 6.92 Å². The fourth-order valence-corrected chi connectivity index (χ4v) is 3.94. The Labute approximate surface area is 101 Å². The predicted molar refractivity (Wildman–Crippen MR) is 67.8 cm³/mol. The van der Waals surface area contributed by atoms with Crippen molar-refractivity contribution < 1.29 is 0 Å². The van der Waals surface area contributed by atoms with Crippen molar-refractivity contribution in [1.82, 2.24) is 10.3 Å². The second-order valence-corrected chi connectivity index (χ2v) is 6.21. The summed E-state index contributed by atoms with van der Waals surface area (Å²) in [5, 5.41) is 7.44. The van der Waals surface area contributed by atoms with Gasteiger partial charge in [0.2, 0.25) is 0 Å². The van der Waals surface area contributed by atoms with Gasteiger partial charge in [0.05, 0.1) is 5.54 Å². The summed E-state index contributed by atoms with van der Waals surface area (Å²) < 4.78 is 0. The van der Waals surface area contributed by atoms with Crippen molar-refractivity contribution in [2.75, 3.05) is 0 Å². The standard InChI is InChI=1S/C13H20N2S/c1-10-9-16-12(14-10)13(7-2-3-8-13)15-11-5-4-6-11/h9,11,15H,2-8H2,1H3. The van der Waals surface area contributed by atoms with Crippen molar-refractivity contribution in [3.05, 3.63) is 16.1 Å². The molecule has 0 radical (unpaired) electrons. The maximum Gasteiger partial charge on any atom is 0.113 e. The maximum absolute atomic E-state index is 4.73. The van der Waals surface area contributed by atoms with Crippen LogP contribution in [-0.2, 0) is 5.54 Å². The minimum Gasteiger partial charge on any atom is -0.303 e. The van der Waals surface area contributed by atoms with Crippen LogP contribution in [0.1, 0.15) is 55.6 Å². The van der Waals surface area contributed by atoms with Crippen molar-refractivity contribution in [2.45, 2.75) is 63.5 Å². The first-order valence-electron chi connectivity index (χ1n) is 6.49. The minimum absolute atomic E-state index is 0.240. The smallest absolute Gasteiger partial charge is 0.113 e. The van der Waals surface area contributed by atoms with E-state index < -0.39 is 0 Å². The Morgan fingerprint density at radius 1 is 1.31 bits per heavy atom. The predicted octanol–water partition coefficient (Wildman–Crippen LogP) is 3.36. The molecule has 0 unspecified atom stereocenters. The molecule has 1 aromatic heterocycles. The molecule has 0 amide bonds. The number of nitrogens with zero attached hydrogens (tertiary/aromatic N) is 1. The first kappa shape index (κ1) is 10.7. The molecule has 3 rings (SSSR count). The lowest BCUT2D eigenvalue weighted by Crippen LogP contribution is -2.48. The van der Waals surface area contributed by atoms with Crippen molar-refractivity contribution >= 4 is 11.3 Å². The quantitative estimate of drug-likeness (QED) is 0.870. The average Bonchev–Trinajstić information content (AvgIpc) is 2.81. The molecule has 1 heterocycles. The van der Waals surface area contributed by atoms with E-state index >= 15 is 0 Å². The van der Waals surface area contributed by atoms with Crippen LogP contribution in [0.5, 0.6) is 0 Å². The normalized spacial score (nSPS) is 24.6. The van der Waals surface area contributed by atoms with Gasteiger partial charge in [0.15, 0.2) is 0 Å². The number of aromatic nitrogens is 1. The van der Waals surface area contributed by atoms with E-state index in [0.717, 1.165) is 6.04 Å². The van der Waals surface area contributed by atoms with Gasteiger partial charge in [-0.05, 0) is 32.6 Å². The van der Waals surface area contributed by atoms with Gasteiger partial charge in [-0.2, -0.15) is 0 Å². The molecule has 2 aliphatic rings. The van der Waals surface area contributed by atoms with Crippen molar-refractivity contribution in [1.29, 1.82) is 0 Å². The molecular formula is C13H20N2S. The van der Waals surface area contributed by atoms with E-state index in [2.05, 4.69) is 17.6 Å². The van der Waals surface area contributed by atoms with Crippen LogP contribution in [0.2, 0.25) is 0 Å². The van der Waals surface area contributed by atoms with Gasteiger partial charge in [-0.15, -0.1) is 11.3 Å². The van der Waals surface area contributed by atoms with Gasteiger partial charge in [-0.25, -0.2) is 4.98 Å².